The predicted molar refractivity (Wildman–Crippen MR) is 142 cm³/mol. The van der Waals surface area contributed by atoms with Crippen molar-refractivity contribution in [3.05, 3.63) is 94.3 Å². The van der Waals surface area contributed by atoms with E-state index < -0.39 is 47.1 Å². The Morgan fingerprint density at radius 3 is 2.38 bits per heavy atom. The van der Waals surface area contributed by atoms with Gasteiger partial charge in [0.2, 0.25) is 11.8 Å². The van der Waals surface area contributed by atoms with E-state index in [9.17, 15) is 18.4 Å². The van der Waals surface area contributed by atoms with E-state index >= 15 is 4.39 Å². The first-order valence-corrected chi connectivity index (χ1v) is 13.4. The average Bonchev–Trinajstić information content (AvgIpc) is 2.91. The number of halogens is 4. The van der Waals surface area contributed by atoms with E-state index in [2.05, 4.69) is 10.6 Å². The summed E-state index contributed by atoms with van der Waals surface area (Å²) in [5.74, 6) is -4.89. The Bertz CT molecular complexity index is 1380. The van der Waals surface area contributed by atoms with E-state index in [0.29, 0.717) is 16.5 Å². The van der Waals surface area contributed by atoms with Gasteiger partial charge >= 0.3 is 0 Å². The third-order valence-electron chi connectivity index (χ3n) is 7.42. The van der Waals surface area contributed by atoms with Gasteiger partial charge in [-0.15, -0.1) is 0 Å². The molecule has 5 rings (SSSR count). The molecule has 1 saturated heterocycles. The van der Waals surface area contributed by atoms with Crippen LogP contribution in [0.4, 0.5) is 18.9 Å². The molecular formula is C30H28ClF3N2O3. The maximum absolute atomic E-state index is 15.0. The second-order valence-corrected chi connectivity index (χ2v) is 10.5. The van der Waals surface area contributed by atoms with E-state index in [1.807, 2.05) is 0 Å². The Hall–Kier alpha value is -3.52. The van der Waals surface area contributed by atoms with Gasteiger partial charge in [0.1, 0.15) is 23.2 Å². The molecule has 1 aliphatic carbocycles. The zero-order chi connectivity index (χ0) is 27.5. The van der Waals surface area contributed by atoms with Crippen LogP contribution in [0.3, 0.4) is 0 Å². The van der Waals surface area contributed by atoms with Gasteiger partial charge in [-0.3, -0.25) is 9.59 Å². The number of ether oxygens (including phenoxy) is 1. The second kappa shape index (κ2) is 11.7. The van der Waals surface area contributed by atoms with E-state index in [1.54, 1.807) is 24.3 Å². The lowest BCUT2D eigenvalue weighted by Gasteiger charge is -2.39. The van der Waals surface area contributed by atoms with E-state index in [1.165, 1.54) is 18.2 Å². The monoisotopic (exact) mass is 556 g/mol. The summed E-state index contributed by atoms with van der Waals surface area (Å²) in [7, 11) is 0. The minimum absolute atomic E-state index is 0.0857. The summed E-state index contributed by atoms with van der Waals surface area (Å²) < 4.78 is 50.2. The molecule has 204 valence electrons. The number of hydrogen-bond acceptors (Lipinski definition) is 3. The molecule has 2 fully saturated rings. The molecular weight excluding hydrogens is 529 g/mol. The Morgan fingerprint density at radius 2 is 1.64 bits per heavy atom. The maximum atomic E-state index is 15.0. The summed E-state index contributed by atoms with van der Waals surface area (Å²) in [6, 6.07) is 12.3. The third kappa shape index (κ3) is 6.22. The minimum Gasteiger partial charge on any atom is -0.490 e. The van der Waals surface area contributed by atoms with Gasteiger partial charge in [0.05, 0.1) is 18.1 Å². The summed E-state index contributed by atoms with van der Waals surface area (Å²) in [4.78, 5) is 26.9. The van der Waals surface area contributed by atoms with Crippen LogP contribution in [0.25, 0.3) is 0 Å². The fourth-order valence-electron chi connectivity index (χ4n) is 5.61. The van der Waals surface area contributed by atoms with Crippen LogP contribution in [0.5, 0.6) is 5.75 Å². The second-order valence-electron chi connectivity index (χ2n) is 10.1. The van der Waals surface area contributed by atoms with E-state index in [0.717, 1.165) is 50.3 Å². The maximum Gasteiger partial charge on any atom is 0.230 e. The molecule has 1 aliphatic heterocycles. The molecule has 1 saturated carbocycles. The predicted octanol–water partition coefficient (Wildman–Crippen LogP) is 7.07. The largest absolute Gasteiger partial charge is 0.490 e. The SMILES string of the molecule is O=C1C[C@@H](c2cc(F)ccc2F)C(C(=O)Nc2cccc(Cl)c2)[C@@H](c2cc(F)ccc2OC2CCCCC2)N1. The molecule has 1 heterocycles. The van der Waals surface area contributed by atoms with Gasteiger partial charge in [-0.05, 0) is 85.8 Å². The molecule has 0 radical (unpaired) electrons. The summed E-state index contributed by atoms with van der Waals surface area (Å²) in [6.07, 6.45) is 4.45. The molecule has 0 aromatic heterocycles. The van der Waals surface area contributed by atoms with Gasteiger partial charge in [0, 0.05) is 28.6 Å². The van der Waals surface area contributed by atoms with Gasteiger partial charge in [0.25, 0.3) is 0 Å². The van der Waals surface area contributed by atoms with Crippen molar-refractivity contribution in [2.75, 3.05) is 5.32 Å². The average molecular weight is 557 g/mol. The van der Waals surface area contributed by atoms with Gasteiger partial charge in [-0.1, -0.05) is 24.1 Å². The molecule has 1 unspecified atom stereocenters. The van der Waals surface area contributed by atoms with Crippen LogP contribution in [0.15, 0.2) is 60.7 Å². The van der Waals surface area contributed by atoms with Gasteiger partial charge in [-0.25, -0.2) is 13.2 Å². The molecule has 3 aromatic rings. The Balaban J connectivity index is 1.59. The number of carbonyl (C=O) groups excluding carboxylic acids is 2. The highest BCUT2D eigenvalue weighted by Gasteiger charge is 2.45. The number of carbonyl (C=O) groups is 2. The van der Waals surface area contributed by atoms with E-state index in [-0.39, 0.29) is 23.7 Å². The number of hydrogen-bond donors (Lipinski definition) is 2. The first kappa shape index (κ1) is 27.1. The Labute approximate surface area is 229 Å². The third-order valence-corrected chi connectivity index (χ3v) is 7.65. The molecule has 2 aliphatic rings. The van der Waals surface area contributed by atoms with Crippen molar-refractivity contribution >= 4 is 29.1 Å². The highest BCUT2D eigenvalue weighted by atomic mass is 35.5. The molecule has 0 spiro atoms. The number of nitrogens with one attached hydrogen (secondary N) is 2. The van der Waals surface area contributed by atoms with Crippen LogP contribution in [-0.2, 0) is 9.59 Å². The number of anilines is 1. The highest BCUT2D eigenvalue weighted by molar-refractivity contribution is 6.30. The van der Waals surface area contributed by atoms with Crippen LogP contribution >= 0.6 is 11.6 Å². The molecule has 3 aromatic carbocycles. The Kier molecular flexibility index (Phi) is 8.12. The minimum atomic E-state index is -1.13. The fraction of sp³-hybridized carbons (Fsp3) is 0.333. The van der Waals surface area contributed by atoms with Gasteiger partial charge in [0.15, 0.2) is 0 Å². The summed E-state index contributed by atoms with van der Waals surface area (Å²) in [6.45, 7) is 0. The summed E-state index contributed by atoms with van der Waals surface area (Å²) >= 11 is 6.09. The Morgan fingerprint density at radius 1 is 0.923 bits per heavy atom. The standard InChI is InChI=1S/C30H28ClF3N2O3/c31-17-5-4-6-20(13-17)35-30(38)28-23(22-14-18(32)9-11-25(22)34)16-27(37)36-29(28)24-15-19(33)10-12-26(24)39-21-7-2-1-3-8-21/h4-6,9-15,21,23,28-29H,1-3,7-8,16H2,(H,35,38)(H,36,37)/t23-,28?,29+/m0/s1. The zero-order valence-corrected chi connectivity index (χ0v) is 21.8. The van der Waals surface area contributed by atoms with Gasteiger partial charge in [-0.2, -0.15) is 0 Å². The number of rotatable bonds is 6. The highest BCUT2D eigenvalue weighted by Crippen LogP contribution is 2.45. The van der Waals surface area contributed by atoms with Crippen LogP contribution < -0.4 is 15.4 Å². The molecule has 3 atom stereocenters. The first-order valence-electron chi connectivity index (χ1n) is 13.1. The van der Waals surface area contributed by atoms with Crippen LogP contribution in [-0.4, -0.2) is 17.9 Å². The molecule has 9 heteroatoms. The number of amides is 2. The van der Waals surface area contributed by atoms with Crippen molar-refractivity contribution in [3.8, 4) is 5.75 Å². The molecule has 0 bridgehead atoms. The van der Waals surface area contributed by atoms with Crippen LogP contribution in [0, 0.1) is 23.4 Å². The van der Waals surface area contributed by atoms with Crippen molar-refractivity contribution in [3.63, 3.8) is 0 Å². The number of benzene rings is 3. The van der Waals surface area contributed by atoms with Crippen LogP contribution in [0.1, 0.15) is 61.6 Å². The molecule has 5 nitrogen and oxygen atoms in total. The van der Waals surface area contributed by atoms with Crippen molar-refractivity contribution in [1.82, 2.24) is 5.32 Å². The normalized spacial score (nSPS) is 21.7. The first-order chi connectivity index (χ1) is 18.8. The molecule has 39 heavy (non-hydrogen) atoms. The van der Waals surface area contributed by atoms with Crippen molar-refractivity contribution in [1.29, 1.82) is 0 Å². The van der Waals surface area contributed by atoms with Crippen molar-refractivity contribution in [2.24, 2.45) is 5.92 Å². The topological polar surface area (TPSA) is 67.4 Å². The van der Waals surface area contributed by atoms with Crippen molar-refractivity contribution < 1.29 is 27.5 Å². The smallest absolute Gasteiger partial charge is 0.230 e. The van der Waals surface area contributed by atoms with Crippen LogP contribution in [0.2, 0.25) is 5.02 Å². The lowest BCUT2D eigenvalue weighted by molar-refractivity contribution is -0.129. The zero-order valence-electron chi connectivity index (χ0n) is 21.1. The van der Waals surface area contributed by atoms with Crippen molar-refractivity contribution in [2.45, 2.75) is 56.6 Å². The van der Waals surface area contributed by atoms with Gasteiger partial charge < -0.3 is 15.4 Å². The molecule has 2 N–H and O–H groups in total. The number of piperidine rings is 1. The molecule has 2 amide bonds. The fourth-order valence-corrected chi connectivity index (χ4v) is 5.80. The summed E-state index contributed by atoms with van der Waals surface area (Å²) in [5.41, 5.74) is 0.550. The van der Waals surface area contributed by atoms with E-state index in [4.69, 9.17) is 16.3 Å². The lowest BCUT2D eigenvalue weighted by Crippen LogP contribution is -2.48. The lowest BCUT2D eigenvalue weighted by atomic mass is 9.73. The summed E-state index contributed by atoms with van der Waals surface area (Å²) in [5, 5.41) is 5.99. The quantitative estimate of drug-likeness (QED) is 0.341.